The van der Waals surface area contributed by atoms with Crippen LogP contribution in [0.25, 0.3) is 32.6 Å². The highest BCUT2D eigenvalue weighted by Crippen LogP contribution is 2.50. The minimum atomic E-state index is -5.36. The third kappa shape index (κ3) is 13.9. The Morgan fingerprint density at radius 2 is 1.66 bits per heavy atom. The van der Waals surface area contributed by atoms with Gasteiger partial charge in [-0.3, -0.25) is 28.8 Å². The second-order valence-electron chi connectivity index (χ2n) is 25.7. The molecule has 0 unspecified atom stereocenters. The van der Waals surface area contributed by atoms with E-state index in [1.165, 1.54) is 16.2 Å². The third-order valence-electron chi connectivity index (χ3n) is 18.2. The van der Waals surface area contributed by atoms with Gasteiger partial charge in [-0.25, -0.2) is 18.7 Å². The number of aliphatic hydroxyl groups excluding tert-OH is 1. The van der Waals surface area contributed by atoms with Crippen LogP contribution in [0.5, 0.6) is 11.9 Å². The van der Waals surface area contributed by atoms with Crippen LogP contribution in [-0.4, -0.2) is 170 Å². The molecular formula is C62H75ClF8N12O8S. The highest BCUT2D eigenvalue weighted by atomic mass is 35.5. The van der Waals surface area contributed by atoms with Crippen molar-refractivity contribution in [1.29, 1.82) is 0 Å². The lowest BCUT2D eigenvalue weighted by Crippen LogP contribution is -2.67. The maximum atomic E-state index is 17.5. The smallest absolute Gasteiger partial charge is 0.472 e. The summed E-state index contributed by atoms with van der Waals surface area (Å²) in [4.78, 5) is 82.2. The molecule has 2 bridgehead atoms. The molecule has 0 radical (unpaired) electrons. The number of hydrogen-bond acceptors (Lipinski definition) is 17. The lowest BCUT2D eigenvalue weighted by molar-refractivity contribution is -0.340. The molecule has 0 aliphatic carbocycles. The number of aliphatic hydroxyl groups is 1. The number of fused-ring (bicyclic) bond motifs is 5. The fourth-order valence-corrected chi connectivity index (χ4v) is 14.8. The molecule has 5 aromatic rings. The molecule has 0 saturated carbocycles. The summed E-state index contributed by atoms with van der Waals surface area (Å²) in [7, 11) is 1.56. The van der Waals surface area contributed by atoms with Gasteiger partial charge >= 0.3 is 18.5 Å². The summed E-state index contributed by atoms with van der Waals surface area (Å²) in [5.74, 6) is -5.03. The number of aromatic nitrogens is 4. The Kier molecular flexibility index (Phi) is 19.6. The predicted molar refractivity (Wildman–Crippen MR) is 326 cm³/mol. The first kappa shape index (κ1) is 68.1. The normalized spacial score (nSPS) is 23.8. The Morgan fingerprint density at radius 1 is 0.946 bits per heavy atom. The molecule has 5 aliphatic rings. The molecule has 92 heavy (non-hydrogen) atoms. The summed E-state index contributed by atoms with van der Waals surface area (Å²) in [5.41, 5.74) is 4.27. The van der Waals surface area contributed by atoms with Gasteiger partial charge < -0.3 is 51.0 Å². The first-order chi connectivity index (χ1) is 43.2. The van der Waals surface area contributed by atoms with E-state index in [0.29, 0.717) is 44.7 Å². The number of β-amino-alcohol motifs (C(OH)–C–C–N with tert-alkyl or cyclic N) is 1. The van der Waals surface area contributed by atoms with E-state index in [2.05, 4.69) is 35.6 Å². The number of nitrogen functional groups attached to an aromatic ring is 1. The number of pyridine rings is 1. The largest absolute Gasteiger partial charge is 0.522 e. The van der Waals surface area contributed by atoms with Crippen molar-refractivity contribution in [1.82, 2.24) is 50.6 Å². The number of halogens is 9. The average Bonchev–Trinajstić information content (AvgIpc) is 1.43. The summed E-state index contributed by atoms with van der Waals surface area (Å²) < 4.78 is 134. The van der Waals surface area contributed by atoms with Gasteiger partial charge in [-0.15, -0.1) is 24.5 Å². The molecule has 12 atom stereocenters. The number of likely N-dealkylation sites (N-methyl/N-ethyl adjacent to an activating group) is 1. The number of nitrogens with zero attached hydrogens (tertiary/aromatic N) is 8. The second-order valence-corrected chi connectivity index (χ2v) is 26.9. The van der Waals surface area contributed by atoms with E-state index >= 15 is 8.78 Å². The third-order valence-corrected chi connectivity index (χ3v) is 19.5. The van der Waals surface area contributed by atoms with Crippen molar-refractivity contribution in [2.24, 2.45) is 5.41 Å². The number of alkyl halides is 6. The van der Waals surface area contributed by atoms with Crippen molar-refractivity contribution >= 4 is 69.0 Å². The van der Waals surface area contributed by atoms with Crippen LogP contribution in [0.1, 0.15) is 123 Å². The Hall–Kier alpha value is -6.79. The van der Waals surface area contributed by atoms with Gasteiger partial charge in [0, 0.05) is 50.1 Å². The molecule has 6 N–H and O–H groups in total. The number of unbranched alkanes of at least 4 members (excludes halogenated alkanes) is 1. The fourth-order valence-electron chi connectivity index (χ4n) is 13.7. The van der Waals surface area contributed by atoms with Crippen LogP contribution in [0.3, 0.4) is 0 Å². The molecule has 10 rings (SSSR count). The standard InChI is InChI=1S/C62H75ClF8N12O8S/c1-10-39(73-20-12-11-13-43(85)76-53(60(6,7)8)58(88)81-25-35(84)21-42(81)55(86)75-28(2)32-14-16-33(17-15-32)52-29(3)74-27-92-52)57(87)83-34-18-19-40(83)51-31(5)89-56-44-50(48(65)49(77-56)37-23-38(72)47(64)46(63)45(37)61(66,67)68)78-59(79-54(44)82(51)24-34)90-30(4)41-22-36(26-80(41)9)91-62(69,70)71/h14-17,23,27-28,30-31,34-36,39-42,51,53,73,84H,10-13,18-22,24-26,72H2,1-9H3,(H,75,86)(H,76,85)/t28-,30-,31-,34+,35+,36+,39-,40-,41-,42-,51+,53+/m0/s1. The number of rotatable bonds is 19. The van der Waals surface area contributed by atoms with Crippen molar-refractivity contribution in [3.05, 3.63) is 69.3 Å². The van der Waals surface area contributed by atoms with E-state index in [9.17, 15) is 50.6 Å². The van der Waals surface area contributed by atoms with Crippen LogP contribution in [0.15, 0.2) is 35.8 Å². The van der Waals surface area contributed by atoms with Gasteiger partial charge in [-0.1, -0.05) is 63.6 Å². The van der Waals surface area contributed by atoms with Crippen molar-refractivity contribution in [3.63, 3.8) is 0 Å². The van der Waals surface area contributed by atoms with E-state index < -0.39 is 165 Å². The summed E-state index contributed by atoms with van der Waals surface area (Å²) in [5, 5.41) is 18.5. The van der Waals surface area contributed by atoms with Gasteiger partial charge in [-0.05, 0) is 102 Å². The number of carbonyl (C=O) groups is 4. The van der Waals surface area contributed by atoms with Crippen molar-refractivity contribution < 1.29 is 73.6 Å². The molecule has 0 spiro atoms. The molecule has 30 heteroatoms. The van der Waals surface area contributed by atoms with Crippen molar-refractivity contribution in [2.75, 3.05) is 43.9 Å². The average molecular weight is 1340 g/mol. The topological polar surface area (TPSA) is 243 Å². The van der Waals surface area contributed by atoms with Gasteiger partial charge in [0.1, 0.15) is 46.7 Å². The van der Waals surface area contributed by atoms with E-state index in [-0.39, 0.29) is 56.0 Å². The lowest BCUT2D eigenvalue weighted by atomic mass is 9.85. The zero-order valence-electron chi connectivity index (χ0n) is 52.1. The highest BCUT2D eigenvalue weighted by Gasteiger charge is 2.54. The number of likely N-dealkylation sites (tertiary alicyclic amines) is 2. The van der Waals surface area contributed by atoms with E-state index in [1.807, 2.05) is 49.9 Å². The molecule has 4 saturated heterocycles. The first-order valence-electron chi connectivity index (χ1n) is 30.7. The van der Waals surface area contributed by atoms with Crippen LogP contribution < -0.4 is 36.1 Å². The number of nitrogens with one attached hydrogen (secondary N) is 3. The zero-order chi connectivity index (χ0) is 66.8. The molecule has 4 amide bonds. The van der Waals surface area contributed by atoms with E-state index in [1.54, 1.807) is 57.0 Å². The summed E-state index contributed by atoms with van der Waals surface area (Å²) in [6.45, 7) is 14.4. The van der Waals surface area contributed by atoms with Gasteiger partial charge in [0.25, 0.3) is 0 Å². The van der Waals surface area contributed by atoms with Crippen LogP contribution in [0.4, 0.5) is 46.6 Å². The first-order valence-corrected chi connectivity index (χ1v) is 31.9. The van der Waals surface area contributed by atoms with Crippen LogP contribution in [0, 0.1) is 24.0 Å². The van der Waals surface area contributed by atoms with Crippen molar-refractivity contribution in [3.8, 4) is 33.6 Å². The van der Waals surface area contributed by atoms with Crippen LogP contribution >= 0.6 is 22.9 Å². The maximum absolute atomic E-state index is 17.5. The number of carbonyl (C=O) groups excluding carboxylic acids is 4. The number of ether oxygens (including phenoxy) is 3. The number of nitrogens with two attached hydrogens (primary N) is 1. The van der Waals surface area contributed by atoms with Gasteiger partial charge in [-0.2, -0.15) is 23.1 Å². The minimum absolute atomic E-state index is 0.00477. The summed E-state index contributed by atoms with van der Waals surface area (Å²) in [6.07, 6.45) is -12.4. The molecule has 8 heterocycles. The number of piperazine rings is 1. The van der Waals surface area contributed by atoms with Gasteiger partial charge in [0.05, 0.1) is 68.7 Å². The number of amides is 4. The maximum Gasteiger partial charge on any atom is 0.522 e. The van der Waals surface area contributed by atoms with E-state index in [4.69, 9.17) is 31.8 Å². The number of hydrogen-bond donors (Lipinski definition) is 5. The Bertz CT molecular complexity index is 3600. The Morgan fingerprint density at radius 3 is 2.32 bits per heavy atom. The Balaban J connectivity index is 0.815. The molecule has 4 fully saturated rings. The van der Waals surface area contributed by atoms with Crippen molar-refractivity contribution in [2.45, 2.75) is 192 Å². The van der Waals surface area contributed by atoms with E-state index in [0.717, 1.165) is 21.7 Å². The second kappa shape index (κ2) is 26.5. The van der Waals surface area contributed by atoms with Gasteiger partial charge in [0.15, 0.2) is 11.6 Å². The monoisotopic (exact) mass is 1330 g/mol. The number of aryl methyl sites for hydroxylation is 1. The number of benzene rings is 2. The fraction of sp³-hybridized carbons (Fsp3) is 0.581. The molecule has 2 aromatic carbocycles. The molecular weight excluding hydrogens is 1260 g/mol. The number of thiazole rings is 1. The van der Waals surface area contributed by atoms with Crippen LogP contribution in [0.2, 0.25) is 5.02 Å². The number of anilines is 2. The molecule has 5 aliphatic heterocycles. The SMILES string of the molecule is CC[C@H](NCCCCC(=O)N[C@H](C(=O)N1C[C@H](O)C[C@H]1C(=O)N[C@@H](C)c1ccc(-c2scnc2C)cc1)C(C)(C)C)C(=O)N1[C@@H]2CC[C@H]1[C@H]1[C@H](C)Oc3nc(-c4cc(N)c(F)c(Cl)c4C(F)(F)F)c(F)c4nc(O[C@@H](C)[C@@H]5C[C@@H](OC(F)(F)F)CN5C)nc(c34)N1C2. The molecule has 3 aromatic heterocycles. The highest BCUT2D eigenvalue weighted by molar-refractivity contribution is 7.13. The Labute approximate surface area is 535 Å². The lowest BCUT2D eigenvalue weighted by Gasteiger charge is -2.49. The molecule has 500 valence electrons. The minimum Gasteiger partial charge on any atom is -0.472 e. The molecule has 20 nitrogen and oxygen atoms in total. The predicted octanol–water partition coefficient (Wildman–Crippen LogP) is 9.27. The van der Waals surface area contributed by atoms with Gasteiger partial charge in [0.2, 0.25) is 29.5 Å². The quantitative estimate of drug-likeness (QED) is 0.0294. The zero-order valence-corrected chi connectivity index (χ0v) is 53.7. The summed E-state index contributed by atoms with van der Waals surface area (Å²) >= 11 is 7.49. The summed E-state index contributed by atoms with van der Waals surface area (Å²) in [6, 6.07) is 2.14. The van der Waals surface area contributed by atoms with Crippen LogP contribution in [-0.2, 0) is 30.1 Å².